The van der Waals surface area contributed by atoms with E-state index in [0.717, 1.165) is 11.1 Å². The van der Waals surface area contributed by atoms with E-state index in [1.165, 1.54) is 7.11 Å². The molecule has 1 aliphatic heterocycles. The van der Waals surface area contributed by atoms with E-state index in [2.05, 4.69) is 0 Å². The summed E-state index contributed by atoms with van der Waals surface area (Å²) in [6, 6.07) is 3.67. The monoisotopic (exact) mass is 374 g/mol. The lowest BCUT2D eigenvalue weighted by Crippen LogP contribution is -2.55. The maximum Gasteiger partial charge on any atom is 0.306 e. The van der Waals surface area contributed by atoms with E-state index < -0.39 is 17.5 Å². The van der Waals surface area contributed by atoms with Crippen LogP contribution in [0.4, 0.5) is 0 Å². The van der Waals surface area contributed by atoms with E-state index in [9.17, 15) is 9.59 Å². The van der Waals surface area contributed by atoms with Crippen molar-refractivity contribution in [1.29, 1.82) is 0 Å². The highest BCUT2D eigenvalue weighted by molar-refractivity contribution is 6.04. The first-order valence-electron chi connectivity index (χ1n) is 8.85. The summed E-state index contributed by atoms with van der Waals surface area (Å²) in [7, 11) is 4.46. The zero-order valence-corrected chi connectivity index (χ0v) is 15.6. The first-order chi connectivity index (χ1) is 13.1. The average molecular weight is 374 g/mol. The van der Waals surface area contributed by atoms with Gasteiger partial charge >= 0.3 is 5.97 Å². The minimum atomic E-state index is -0.932. The lowest BCUT2D eigenvalue weighted by atomic mass is 9.59. The number of ketones is 1. The fraction of sp³-hybridized carbons (Fsp3) is 0.500. The second-order valence-electron chi connectivity index (χ2n) is 6.96. The summed E-state index contributed by atoms with van der Waals surface area (Å²) >= 11 is 0. The number of Topliss-reactive ketones (excluding diaryl/α,β-unsaturated/α-hetero) is 1. The third kappa shape index (κ3) is 2.49. The first kappa shape index (κ1) is 18.0. The van der Waals surface area contributed by atoms with Gasteiger partial charge in [0.1, 0.15) is 19.0 Å². The molecule has 3 atom stereocenters. The number of hydrogen-bond donors (Lipinski definition) is 0. The first-order valence-corrected chi connectivity index (χ1v) is 8.85. The van der Waals surface area contributed by atoms with Gasteiger partial charge in [-0.25, -0.2) is 0 Å². The van der Waals surface area contributed by atoms with Gasteiger partial charge in [-0.3, -0.25) is 9.59 Å². The number of carbonyl (C=O) groups is 2. The predicted octanol–water partition coefficient (Wildman–Crippen LogP) is 1.70. The zero-order valence-electron chi connectivity index (χ0n) is 15.6. The molecule has 27 heavy (non-hydrogen) atoms. The van der Waals surface area contributed by atoms with E-state index >= 15 is 0 Å². The molecule has 0 saturated carbocycles. The number of methoxy groups -OCH3 is 3. The van der Waals surface area contributed by atoms with E-state index in [-0.39, 0.29) is 31.5 Å². The number of rotatable bonds is 6. The van der Waals surface area contributed by atoms with Gasteiger partial charge in [0.25, 0.3) is 0 Å². The molecule has 0 radical (unpaired) electrons. The molecule has 3 aliphatic rings. The summed E-state index contributed by atoms with van der Waals surface area (Å²) in [6.07, 6.45) is 1.76. The van der Waals surface area contributed by atoms with Crippen LogP contribution in [-0.2, 0) is 35.6 Å². The standard InChI is InChI=1S/C20H22O7/c1-23-10-26-15-7-5-12-13(21)8-11-4-6-14(24-2)18-17(11)20(12,19(15)27-18)9-16(22)25-3/h4-6,15,19H,7-10H2,1-3H3/t15-,19-,20-/m1/s1. The molecule has 7 heteroatoms. The van der Waals surface area contributed by atoms with Crippen LogP contribution in [0.1, 0.15) is 24.0 Å². The summed E-state index contributed by atoms with van der Waals surface area (Å²) in [5.74, 6) is 0.753. The third-order valence-electron chi connectivity index (χ3n) is 5.68. The van der Waals surface area contributed by atoms with Crippen molar-refractivity contribution >= 4 is 11.8 Å². The van der Waals surface area contributed by atoms with Crippen LogP contribution in [0.15, 0.2) is 23.8 Å². The highest BCUT2D eigenvalue weighted by Crippen LogP contribution is 2.60. The normalized spacial score (nSPS) is 27.5. The Labute approximate surface area is 157 Å². The van der Waals surface area contributed by atoms with Crippen LogP contribution < -0.4 is 9.47 Å². The fourth-order valence-electron chi connectivity index (χ4n) is 4.63. The van der Waals surface area contributed by atoms with Gasteiger partial charge in [0.2, 0.25) is 0 Å². The Hall–Kier alpha value is -2.38. The van der Waals surface area contributed by atoms with Crippen LogP contribution in [0.3, 0.4) is 0 Å². The molecule has 1 aromatic carbocycles. The zero-order chi connectivity index (χ0) is 19.2. The molecule has 0 bridgehead atoms. The lowest BCUT2D eigenvalue weighted by Gasteiger charge is -2.44. The number of carbonyl (C=O) groups excluding carboxylic acids is 2. The lowest BCUT2D eigenvalue weighted by molar-refractivity contribution is -0.146. The highest BCUT2D eigenvalue weighted by Gasteiger charge is 2.62. The Balaban J connectivity index is 1.94. The highest BCUT2D eigenvalue weighted by atomic mass is 16.7. The molecule has 1 heterocycles. The molecule has 4 rings (SSSR count). The number of ether oxygens (including phenoxy) is 5. The van der Waals surface area contributed by atoms with E-state index in [1.54, 1.807) is 20.3 Å². The molecule has 0 fully saturated rings. The van der Waals surface area contributed by atoms with Crippen molar-refractivity contribution in [3.05, 3.63) is 34.9 Å². The summed E-state index contributed by atoms with van der Waals surface area (Å²) in [5, 5.41) is 0. The molecule has 0 unspecified atom stereocenters. The van der Waals surface area contributed by atoms with Crippen molar-refractivity contribution in [1.82, 2.24) is 0 Å². The van der Waals surface area contributed by atoms with Crippen LogP contribution in [0.5, 0.6) is 11.5 Å². The maximum atomic E-state index is 12.9. The fourth-order valence-corrected chi connectivity index (χ4v) is 4.63. The largest absolute Gasteiger partial charge is 0.493 e. The van der Waals surface area contributed by atoms with Crippen molar-refractivity contribution < 1.29 is 33.3 Å². The van der Waals surface area contributed by atoms with Gasteiger partial charge in [0.15, 0.2) is 17.3 Å². The Kier molecular flexibility index (Phi) is 4.44. The number of hydrogen-bond acceptors (Lipinski definition) is 7. The van der Waals surface area contributed by atoms with Gasteiger partial charge in [-0.2, -0.15) is 0 Å². The van der Waals surface area contributed by atoms with Crippen LogP contribution in [0.2, 0.25) is 0 Å². The van der Waals surface area contributed by atoms with Crippen LogP contribution >= 0.6 is 0 Å². The average Bonchev–Trinajstić information content (AvgIpc) is 3.01. The van der Waals surface area contributed by atoms with Gasteiger partial charge in [0.05, 0.1) is 26.1 Å². The van der Waals surface area contributed by atoms with Crippen LogP contribution in [-0.4, -0.2) is 52.1 Å². The van der Waals surface area contributed by atoms with Gasteiger partial charge in [-0.05, 0) is 18.1 Å². The van der Waals surface area contributed by atoms with E-state index in [1.807, 2.05) is 12.1 Å². The smallest absolute Gasteiger partial charge is 0.306 e. The van der Waals surface area contributed by atoms with Gasteiger partial charge in [-0.1, -0.05) is 12.1 Å². The molecule has 0 aromatic heterocycles. The van der Waals surface area contributed by atoms with Gasteiger partial charge < -0.3 is 23.7 Å². The molecule has 144 valence electrons. The van der Waals surface area contributed by atoms with E-state index in [0.29, 0.717) is 23.5 Å². The number of benzene rings is 1. The summed E-state index contributed by atoms with van der Waals surface area (Å²) in [5.41, 5.74) is 1.37. The molecular formula is C20H22O7. The van der Waals surface area contributed by atoms with Gasteiger partial charge in [0, 0.05) is 24.7 Å². The van der Waals surface area contributed by atoms with Crippen molar-refractivity contribution in [2.24, 2.45) is 0 Å². The molecular weight excluding hydrogens is 352 g/mol. The van der Waals surface area contributed by atoms with Crippen molar-refractivity contribution in [2.75, 3.05) is 28.1 Å². The van der Waals surface area contributed by atoms with Crippen LogP contribution in [0.25, 0.3) is 0 Å². The number of esters is 1. The Morgan fingerprint density at radius 3 is 2.81 bits per heavy atom. The minimum absolute atomic E-state index is 0.00297. The molecule has 2 aliphatic carbocycles. The quantitative estimate of drug-likeness (QED) is 0.554. The van der Waals surface area contributed by atoms with Crippen LogP contribution in [0, 0.1) is 0 Å². The summed E-state index contributed by atoms with van der Waals surface area (Å²) in [6.45, 7) is 0.0935. The summed E-state index contributed by atoms with van der Waals surface area (Å²) in [4.78, 5) is 25.3. The molecule has 0 saturated heterocycles. The van der Waals surface area contributed by atoms with E-state index in [4.69, 9.17) is 23.7 Å². The van der Waals surface area contributed by atoms with Crippen molar-refractivity contribution in [3.8, 4) is 11.5 Å². The van der Waals surface area contributed by atoms with Crippen molar-refractivity contribution in [3.63, 3.8) is 0 Å². The molecule has 7 nitrogen and oxygen atoms in total. The second-order valence-corrected chi connectivity index (χ2v) is 6.96. The molecule has 0 N–H and O–H groups in total. The Morgan fingerprint density at radius 2 is 2.11 bits per heavy atom. The molecule has 0 spiro atoms. The second kappa shape index (κ2) is 6.65. The maximum absolute atomic E-state index is 12.9. The SMILES string of the molecule is COCO[C@@H]1CC=C2C(=O)Cc3ccc(OC)c4c3[C@]2(CC(=O)OC)[C@@H]1O4. The van der Waals surface area contributed by atoms with Gasteiger partial charge in [-0.15, -0.1) is 0 Å². The van der Waals surface area contributed by atoms with Crippen molar-refractivity contribution in [2.45, 2.75) is 36.9 Å². The predicted molar refractivity (Wildman–Crippen MR) is 93.9 cm³/mol. The molecule has 1 aromatic rings. The Morgan fingerprint density at radius 1 is 1.30 bits per heavy atom. The topological polar surface area (TPSA) is 80.3 Å². The minimum Gasteiger partial charge on any atom is -0.493 e. The molecule has 0 amide bonds. The Bertz CT molecular complexity index is 828. The third-order valence-corrected chi connectivity index (χ3v) is 5.68. The summed E-state index contributed by atoms with van der Waals surface area (Å²) < 4.78 is 27.7.